The van der Waals surface area contributed by atoms with E-state index in [-0.39, 0.29) is 5.75 Å². The highest BCUT2D eigenvalue weighted by Crippen LogP contribution is 2.49. The molecule has 0 saturated heterocycles. The first-order chi connectivity index (χ1) is 15.9. The molecule has 0 aliphatic rings. The fourth-order valence-corrected chi connectivity index (χ4v) is 4.43. The van der Waals surface area contributed by atoms with E-state index in [9.17, 15) is 31.3 Å². The smallest absolute Gasteiger partial charge is 0.462 e. The second-order valence-corrected chi connectivity index (χ2v) is 9.01. The van der Waals surface area contributed by atoms with Gasteiger partial charge in [-0.1, -0.05) is 36.4 Å². The van der Waals surface area contributed by atoms with Crippen LogP contribution in [0.2, 0.25) is 0 Å². The number of carbonyl (C=O) groups excluding carboxylic acids is 1. The van der Waals surface area contributed by atoms with Gasteiger partial charge >= 0.3 is 13.7 Å². The molecule has 2 atom stereocenters. The Kier molecular flexibility index (Phi) is 7.48. The molecule has 0 aliphatic heterocycles. The number of halogens is 5. The summed E-state index contributed by atoms with van der Waals surface area (Å²) in [6, 6.07) is 9.71. The Hall–Kier alpha value is -3.17. The van der Waals surface area contributed by atoms with Crippen molar-refractivity contribution in [2.24, 2.45) is 0 Å². The number of ether oxygens (including phenoxy) is 1. The molecular formula is C22H19F5NO5P. The van der Waals surface area contributed by atoms with Gasteiger partial charge in [0.25, 0.3) is 0 Å². The zero-order valence-electron chi connectivity index (χ0n) is 18.1. The van der Waals surface area contributed by atoms with Crippen LogP contribution < -0.4 is 14.1 Å². The first kappa shape index (κ1) is 25.5. The van der Waals surface area contributed by atoms with Crippen LogP contribution >= 0.6 is 7.75 Å². The molecular weight excluding hydrogens is 484 g/mol. The molecule has 182 valence electrons. The molecule has 12 heteroatoms. The minimum atomic E-state index is -5.02. The van der Waals surface area contributed by atoms with Crippen LogP contribution in [0.5, 0.6) is 11.5 Å². The summed E-state index contributed by atoms with van der Waals surface area (Å²) in [7, 11) is -5.02. The number of benzene rings is 3. The van der Waals surface area contributed by atoms with E-state index in [1.165, 1.54) is 19.1 Å². The van der Waals surface area contributed by atoms with Crippen molar-refractivity contribution in [3.63, 3.8) is 0 Å². The monoisotopic (exact) mass is 503 g/mol. The summed E-state index contributed by atoms with van der Waals surface area (Å²) in [6.45, 7) is 4.27. The van der Waals surface area contributed by atoms with Crippen molar-refractivity contribution in [2.75, 3.05) is 0 Å². The van der Waals surface area contributed by atoms with E-state index in [1.54, 1.807) is 44.2 Å². The maximum Gasteiger partial charge on any atom is 0.513 e. The molecule has 3 aromatic rings. The van der Waals surface area contributed by atoms with Crippen molar-refractivity contribution in [2.45, 2.75) is 32.9 Å². The van der Waals surface area contributed by atoms with E-state index >= 15 is 0 Å². The lowest BCUT2D eigenvalue weighted by molar-refractivity contribution is -0.149. The largest absolute Gasteiger partial charge is 0.513 e. The van der Waals surface area contributed by atoms with E-state index in [1.807, 2.05) is 0 Å². The van der Waals surface area contributed by atoms with Crippen molar-refractivity contribution in [1.29, 1.82) is 0 Å². The van der Waals surface area contributed by atoms with Gasteiger partial charge in [-0.25, -0.2) is 17.7 Å². The Labute approximate surface area is 191 Å². The third kappa shape index (κ3) is 5.31. The maximum absolute atomic E-state index is 14.3. The topological polar surface area (TPSA) is 73.9 Å². The SMILES string of the molecule is CC(C)OC(=O)[C@H](C)N[P@](=O)(Oc1c(F)c(F)c(F)c(F)c1F)Oc1cccc2ccccc12. The number of carbonyl (C=O) groups is 1. The number of hydrogen-bond acceptors (Lipinski definition) is 5. The minimum Gasteiger partial charge on any atom is -0.462 e. The number of nitrogens with one attached hydrogen (secondary N) is 1. The van der Waals surface area contributed by atoms with Crippen molar-refractivity contribution in [1.82, 2.24) is 5.09 Å². The van der Waals surface area contributed by atoms with Gasteiger partial charge in [-0.3, -0.25) is 4.79 Å². The molecule has 0 aliphatic carbocycles. The zero-order valence-corrected chi connectivity index (χ0v) is 19.0. The predicted octanol–water partition coefficient (Wildman–Crippen LogP) is 6.03. The molecule has 0 saturated carbocycles. The van der Waals surface area contributed by atoms with Gasteiger partial charge in [0.15, 0.2) is 0 Å². The molecule has 6 nitrogen and oxygen atoms in total. The van der Waals surface area contributed by atoms with Gasteiger partial charge in [0, 0.05) is 5.39 Å². The van der Waals surface area contributed by atoms with E-state index < -0.39 is 60.7 Å². The summed E-state index contributed by atoms with van der Waals surface area (Å²) in [5.74, 6) is -14.6. The van der Waals surface area contributed by atoms with Crippen LogP contribution in [0.1, 0.15) is 20.8 Å². The van der Waals surface area contributed by atoms with Crippen LogP contribution in [0, 0.1) is 29.1 Å². The molecule has 0 heterocycles. The Morgan fingerprint density at radius 3 is 2.00 bits per heavy atom. The zero-order chi connectivity index (χ0) is 25.2. The summed E-state index contributed by atoms with van der Waals surface area (Å²) in [5.41, 5.74) is 0. The van der Waals surface area contributed by atoms with Crippen LogP contribution in [-0.4, -0.2) is 18.1 Å². The molecule has 0 spiro atoms. The van der Waals surface area contributed by atoms with Crippen molar-refractivity contribution < 1.29 is 45.1 Å². The van der Waals surface area contributed by atoms with Gasteiger partial charge in [0.1, 0.15) is 11.8 Å². The van der Waals surface area contributed by atoms with Crippen molar-refractivity contribution >= 4 is 24.5 Å². The normalized spacial score (nSPS) is 14.0. The van der Waals surface area contributed by atoms with Gasteiger partial charge in [-0.05, 0) is 32.2 Å². The van der Waals surface area contributed by atoms with Crippen LogP contribution in [0.3, 0.4) is 0 Å². The Morgan fingerprint density at radius 2 is 1.38 bits per heavy atom. The first-order valence-electron chi connectivity index (χ1n) is 9.90. The van der Waals surface area contributed by atoms with E-state index in [2.05, 4.69) is 5.09 Å². The quantitative estimate of drug-likeness (QED) is 0.133. The fraction of sp³-hybridized carbons (Fsp3) is 0.227. The molecule has 34 heavy (non-hydrogen) atoms. The first-order valence-corrected chi connectivity index (χ1v) is 11.4. The molecule has 1 N–H and O–H groups in total. The molecule has 3 aromatic carbocycles. The molecule has 0 unspecified atom stereocenters. The molecule has 0 fully saturated rings. The second kappa shape index (κ2) is 9.99. The summed E-state index contributed by atoms with van der Waals surface area (Å²) in [4.78, 5) is 12.2. The van der Waals surface area contributed by atoms with Gasteiger partial charge in [0.05, 0.1) is 6.10 Å². The van der Waals surface area contributed by atoms with Crippen LogP contribution in [0.4, 0.5) is 22.0 Å². The van der Waals surface area contributed by atoms with Gasteiger partial charge in [-0.2, -0.15) is 13.9 Å². The molecule has 0 amide bonds. The molecule has 0 bridgehead atoms. The number of rotatable bonds is 8. The standard InChI is InChI=1S/C22H19F5NO5P/c1-11(2)31-22(29)12(3)28-34(30,32-15-10-6-8-13-7-4-5-9-14(13)15)33-21-19(26)17(24)16(23)18(25)20(21)27/h4-12H,1-3H3,(H,28,30)/t12-,34+/m0/s1. The number of esters is 1. The Balaban J connectivity index is 2.07. The van der Waals surface area contributed by atoms with Crippen molar-refractivity contribution in [3.8, 4) is 11.5 Å². The van der Waals surface area contributed by atoms with E-state index in [0.717, 1.165) is 0 Å². The molecule has 0 radical (unpaired) electrons. The van der Waals surface area contributed by atoms with Crippen LogP contribution in [0.15, 0.2) is 42.5 Å². The lowest BCUT2D eigenvalue weighted by atomic mass is 10.1. The molecule has 3 rings (SSSR count). The average molecular weight is 503 g/mol. The van der Waals surface area contributed by atoms with Gasteiger partial charge in [-0.15, -0.1) is 0 Å². The fourth-order valence-electron chi connectivity index (χ4n) is 2.89. The van der Waals surface area contributed by atoms with Crippen molar-refractivity contribution in [3.05, 3.63) is 71.6 Å². The van der Waals surface area contributed by atoms with Gasteiger partial charge < -0.3 is 13.8 Å². The second-order valence-electron chi connectivity index (χ2n) is 7.39. The lowest BCUT2D eigenvalue weighted by Gasteiger charge is -2.24. The van der Waals surface area contributed by atoms with Crippen LogP contribution in [0.25, 0.3) is 10.8 Å². The third-order valence-electron chi connectivity index (χ3n) is 4.41. The van der Waals surface area contributed by atoms with E-state index in [0.29, 0.717) is 10.8 Å². The Bertz CT molecular complexity index is 1250. The maximum atomic E-state index is 14.3. The minimum absolute atomic E-state index is 0.109. The average Bonchev–Trinajstić information content (AvgIpc) is 2.79. The van der Waals surface area contributed by atoms with Gasteiger partial charge in [0.2, 0.25) is 34.8 Å². The third-order valence-corrected chi connectivity index (χ3v) is 5.97. The summed E-state index contributed by atoms with van der Waals surface area (Å²) in [6.07, 6.45) is -0.564. The molecule has 0 aromatic heterocycles. The summed E-state index contributed by atoms with van der Waals surface area (Å²) in [5, 5.41) is 3.15. The summed E-state index contributed by atoms with van der Waals surface area (Å²) < 4.78 is 98.0. The highest BCUT2D eigenvalue weighted by Gasteiger charge is 2.38. The number of fused-ring (bicyclic) bond motifs is 1. The summed E-state index contributed by atoms with van der Waals surface area (Å²) >= 11 is 0. The Morgan fingerprint density at radius 1 is 0.824 bits per heavy atom. The highest BCUT2D eigenvalue weighted by atomic mass is 31.2. The highest BCUT2D eigenvalue weighted by molar-refractivity contribution is 7.52. The lowest BCUT2D eigenvalue weighted by Crippen LogP contribution is -2.37. The van der Waals surface area contributed by atoms with E-state index in [4.69, 9.17) is 13.8 Å². The number of hydrogen-bond donors (Lipinski definition) is 1. The van der Waals surface area contributed by atoms with Crippen LogP contribution in [-0.2, 0) is 14.1 Å². The predicted molar refractivity (Wildman–Crippen MR) is 113 cm³/mol.